The van der Waals surface area contributed by atoms with E-state index in [2.05, 4.69) is 5.32 Å². The third-order valence-electron chi connectivity index (χ3n) is 4.29. The topological polar surface area (TPSA) is 34.0 Å². The fourth-order valence-electron chi connectivity index (χ4n) is 2.97. The number of hydrogen-bond acceptors (Lipinski definition) is 2. The van der Waals surface area contributed by atoms with Crippen LogP contribution in [0.25, 0.3) is 5.69 Å². The lowest BCUT2D eigenvalue weighted by molar-refractivity contribution is 0.101. The number of benzene rings is 2. The van der Waals surface area contributed by atoms with E-state index < -0.39 is 17.5 Å². The van der Waals surface area contributed by atoms with E-state index in [0.717, 1.165) is 17.8 Å². The highest BCUT2D eigenvalue weighted by Gasteiger charge is 2.18. The maximum absolute atomic E-state index is 13.7. The SMILES string of the molecule is Cc1cc(C(=O)CNc2ccc(F)c(F)c2F)c(C)n1-c1ccc(F)cc1. The molecule has 7 heteroatoms. The summed E-state index contributed by atoms with van der Waals surface area (Å²) in [5.41, 5.74) is 2.20. The van der Waals surface area contributed by atoms with Crippen LogP contribution in [-0.2, 0) is 0 Å². The molecule has 0 saturated heterocycles. The van der Waals surface area contributed by atoms with Gasteiger partial charge in [0.2, 0.25) is 0 Å². The molecule has 0 aliphatic carbocycles. The van der Waals surface area contributed by atoms with Crippen molar-refractivity contribution in [3.05, 3.63) is 82.7 Å². The minimum absolute atomic E-state index is 0.296. The molecule has 0 aliphatic heterocycles. The number of halogens is 4. The highest BCUT2D eigenvalue weighted by Crippen LogP contribution is 2.23. The van der Waals surface area contributed by atoms with Crippen LogP contribution in [0, 0.1) is 37.1 Å². The fourth-order valence-corrected chi connectivity index (χ4v) is 2.97. The molecule has 1 aromatic heterocycles. The number of nitrogens with one attached hydrogen (secondary N) is 1. The molecular formula is C20H16F4N2O. The highest BCUT2D eigenvalue weighted by atomic mass is 19.2. The van der Waals surface area contributed by atoms with E-state index in [-0.39, 0.29) is 23.8 Å². The molecule has 0 aliphatic rings. The van der Waals surface area contributed by atoms with Crippen LogP contribution in [0.15, 0.2) is 42.5 Å². The number of rotatable bonds is 5. The number of nitrogens with zero attached hydrogens (tertiary/aromatic N) is 1. The molecule has 0 amide bonds. The number of carbonyl (C=O) groups excluding carboxylic acids is 1. The van der Waals surface area contributed by atoms with Crippen LogP contribution >= 0.6 is 0 Å². The first-order chi connectivity index (χ1) is 12.8. The Balaban J connectivity index is 1.83. The normalized spacial score (nSPS) is 10.9. The molecule has 0 spiro atoms. The van der Waals surface area contributed by atoms with Crippen molar-refractivity contribution in [2.75, 3.05) is 11.9 Å². The van der Waals surface area contributed by atoms with Crippen molar-refractivity contribution >= 4 is 11.5 Å². The average molecular weight is 376 g/mol. The van der Waals surface area contributed by atoms with Crippen molar-refractivity contribution in [2.24, 2.45) is 0 Å². The van der Waals surface area contributed by atoms with Crippen molar-refractivity contribution in [1.82, 2.24) is 4.57 Å². The third-order valence-corrected chi connectivity index (χ3v) is 4.29. The van der Waals surface area contributed by atoms with Gasteiger partial charge in [-0.1, -0.05) is 0 Å². The molecule has 140 valence electrons. The summed E-state index contributed by atoms with van der Waals surface area (Å²) in [6, 6.07) is 9.32. The number of Topliss-reactive ketones (excluding diaryl/α,β-unsaturated/α-hetero) is 1. The van der Waals surface area contributed by atoms with Gasteiger partial charge in [0, 0.05) is 22.6 Å². The number of anilines is 1. The molecule has 0 saturated carbocycles. The molecule has 0 bridgehead atoms. The van der Waals surface area contributed by atoms with Crippen LogP contribution < -0.4 is 5.32 Å². The molecular weight excluding hydrogens is 360 g/mol. The largest absolute Gasteiger partial charge is 0.375 e. The Bertz CT molecular complexity index is 1010. The van der Waals surface area contributed by atoms with Gasteiger partial charge in [-0.15, -0.1) is 0 Å². The lowest BCUT2D eigenvalue weighted by Crippen LogP contribution is -2.16. The summed E-state index contributed by atoms with van der Waals surface area (Å²) in [6.45, 7) is 3.24. The summed E-state index contributed by atoms with van der Waals surface area (Å²) >= 11 is 0. The van der Waals surface area contributed by atoms with Gasteiger partial charge in [0.1, 0.15) is 5.82 Å². The lowest BCUT2D eigenvalue weighted by Gasteiger charge is -2.10. The quantitative estimate of drug-likeness (QED) is 0.389. The molecule has 3 aromatic rings. The first kappa shape index (κ1) is 18.7. The van der Waals surface area contributed by atoms with Gasteiger partial charge in [0.05, 0.1) is 12.2 Å². The molecule has 2 aromatic carbocycles. The Hall–Kier alpha value is -3.09. The Kier molecular flexibility index (Phi) is 5.03. The van der Waals surface area contributed by atoms with Crippen LogP contribution in [0.5, 0.6) is 0 Å². The zero-order chi connectivity index (χ0) is 19.7. The number of aromatic nitrogens is 1. The van der Waals surface area contributed by atoms with E-state index in [1.54, 1.807) is 36.6 Å². The van der Waals surface area contributed by atoms with Crippen LogP contribution in [0.2, 0.25) is 0 Å². The number of ketones is 1. The standard InChI is InChI=1S/C20H16F4N2O/c1-11-9-15(12(2)26(11)14-5-3-13(21)4-6-14)18(27)10-25-17-8-7-16(22)19(23)20(17)24/h3-9,25H,10H2,1-2H3. The van der Waals surface area contributed by atoms with Crippen molar-refractivity contribution < 1.29 is 22.4 Å². The first-order valence-corrected chi connectivity index (χ1v) is 8.15. The average Bonchev–Trinajstić information content (AvgIpc) is 2.94. The molecule has 3 rings (SSSR count). The molecule has 27 heavy (non-hydrogen) atoms. The second kappa shape index (κ2) is 7.26. The monoisotopic (exact) mass is 376 g/mol. The van der Waals surface area contributed by atoms with Crippen molar-refractivity contribution in [3.63, 3.8) is 0 Å². The summed E-state index contributed by atoms with van der Waals surface area (Å²) in [7, 11) is 0. The van der Waals surface area contributed by atoms with Crippen LogP contribution in [0.1, 0.15) is 21.7 Å². The molecule has 1 heterocycles. The maximum atomic E-state index is 13.7. The fraction of sp³-hybridized carbons (Fsp3) is 0.150. The van der Waals surface area contributed by atoms with Crippen LogP contribution in [-0.4, -0.2) is 16.9 Å². The van der Waals surface area contributed by atoms with Gasteiger partial charge in [-0.3, -0.25) is 4.79 Å². The summed E-state index contributed by atoms with van der Waals surface area (Å²) in [5.74, 6) is -4.98. The summed E-state index contributed by atoms with van der Waals surface area (Å²) < 4.78 is 54.9. The van der Waals surface area contributed by atoms with Gasteiger partial charge in [-0.2, -0.15) is 0 Å². The van der Waals surface area contributed by atoms with Gasteiger partial charge < -0.3 is 9.88 Å². The van der Waals surface area contributed by atoms with Crippen LogP contribution in [0.3, 0.4) is 0 Å². The Morgan fingerprint density at radius 1 is 0.963 bits per heavy atom. The summed E-state index contributed by atoms with van der Waals surface area (Å²) in [4.78, 5) is 12.5. The van der Waals surface area contributed by atoms with E-state index in [1.807, 2.05) is 0 Å². The van der Waals surface area contributed by atoms with Crippen molar-refractivity contribution in [2.45, 2.75) is 13.8 Å². The molecule has 0 radical (unpaired) electrons. The maximum Gasteiger partial charge on any atom is 0.196 e. The number of aryl methyl sites for hydroxylation is 1. The second-order valence-electron chi connectivity index (χ2n) is 6.10. The Labute approximate surface area is 153 Å². The van der Waals surface area contributed by atoms with Crippen molar-refractivity contribution in [3.8, 4) is 5.69 Å². The summed E-state index contributed by atoms with van der Waals surface area (Å²) in [5, 5.41) is 2.49. The highest BCUT2D eigenvalue weighted by molar-refractivity contribution is 6.00. The first-order valence-electron chi connectivity index (χ1n) is 8.15. The zero-order valence-electron chi connectivity index (χ0n) is 14.6. The molecule has 0 atom stereocenters. The Morgan fingerprint density at radius 3 is 2.30 bits per heavy atom. The van der Waals surface area contributed by atoms with Gasteiger partial charge >= 0.3 is 0 Å². The number of hydrogen-bond donors (Lipinski definition) is 1. The van der Waals surface area contributed by atoms with E-state index in [9.17, 15) is 22.4 Å². The predicted molar refractivity (Wildman–Crippen MR) is 94.3 cm³/mol. The van der Waals surface area contributed by atoms with E-state index in [0.29, 0.717) is 16.9 Å². The lowest BCUT2D eigenvalue weighted by atomic mass is 10.1. The smallest absolute Gasteiger partial charge is 0.196 e. The van der Waals surface area contributed by atoms with Gasteiger partial charge in [-0.05, 0) is 56.3 Å². The number of carbonyl (C=O) groups is 1. The van der Waals surface area contributed by atoms with Gasteiger partial charge in [0.25, 0.3) is 0 Å². The zero-order valence-corrected chi connectivity index (χ0v) is 14.6. The van der Waals surface area contributed by atoms with E-state index >= 15 is 0 Å². The van der Waals surface area contributed by atoms with Gasteiger partial charge in [0.15, 0.2) is 23.2 Å². The molecule has 3 nitrogen and oxygen atoms in total. The summed E-state index contributed by atoms with van der Waals surface area (Å²) in [6.07, 6.45) is 0. The minimum atomic E-state index is -1.60. The van der Waals surface area contributed by atoms with Gasteiger partial charge in [-0.25, -0.2) is 17.6 Å². The second-order valence-corrected chi connectivity index (χ2v) is 6.10. The molecule has 0 fully saturated rings. The third kappa shape index (κ3) is 3.58. The van der Waals surface area contributed by atoms with E-state index in [1.165, 1.54) is 12.1 Å². The minimum Gasteiger partial charge on any atom is -0.375 e. The predicted octanol–water partition coefficient (Wildman–Crippen LogP) is 4.95. The molecule has 1 N–H and O–H groups in total. The Morgan fingerprint density at radius 2 is 1.63 bits per heavy atom. The van der Waals surface area contributed by atoms with Crippen LogP contribution in [0.4, 0.5) is 23.2 Å². The van der Waals surface area contributed by atoms with Crippen molar-refractivity contribution in [1.29, 1.82) is 0 Å². The van der Waals surface area contributed by atoms with E-state index in [4.69, 9.17) is 0 Å². The molecule has 0 unspecified atom stereocenters.